The highest BCUT2D eigenvalue weighted by atomic mass is 16.1. The van der Waals surface area contributed by atoms with Crippen LogP contribution in [0.1, 0.15) is 43.1 Å². The van der Waals surface area contributed by atoms with Gasteiger partial charge in [0, 0.05) is 43.5 Å². The molecule has 1 fully saturated rings. The van der Waals surface area contributed by atoms with E-state index in [0.717, 1.165) is 48.9 Å². The quantitative estimate of drug-likeness (QED) is 0.555. The minimum absolute atomic E-state index is 0.128. The second-order valence-corrected chi connectivity index (χ2v) is 9.20. The zero-order valence-corrected chi connectivity index (χ0v) is 18.5. The molecule has 1 aromatic heterocycles. The van der Waals surface area contributed by atoms with Gasteiger partial charge in [-0.15, -0.1) is 0 Å². The first-order chi connectivity index (χ1) is 14.1. The first kappa shape index (κ1) is 21.8. The van der Waals surface area contributed by atoms with Crippen molar-refractivity contribution in [1.29, 1.82) is 0 Å². The van der Waals surface area contributed by atoms with Crippen LogP contribution in [-0.4, -0.2) is 48.6 Å². The standard InChI is InChI=1S/C22H33N7O/c1-14-6-7-15(20(23)30)10-17(14)26-21-27-18(25-16-8-9-24-12-16)11-19(28-21)29(5)13-22(2,3)4/h6-7,10-11,16,24H,8-9,12-13H2,1-5H3,(H2,23,30)(H2,25,26,27,28)/t16-/m1/s1. The van der Waals surface area contributed by atoms with E-state index in [-0.39, 0.29) is 5.41 Å². The second kappa shape index (κ2) is 8.87. The number of aryl methyl sites for hydroxylation is 1. The van der Waals surface area contributed by atoms with Crippen molar-refractivity contribution in [2.24, 2.45) is 11.1 Å². The molecular formula is C22H33N7O. The fourth-order valence-electron chi connectivity index (χ4n) is 3.57. The number of aromatic nitrogens is 2. The normalized spacial score (nSPS) is 16.4. The Kier molecular flexibility index (Phi) is 6.45. The molecule has 0 unspecified atom stereocenters. The molecule has 162 valence electrons. The summed E-state index contributed by atoms with van der Waals surface area (Å²) in [6.07, 6.45) is 1.06. The summed E-state index contributed by atoms with van der Waals surface area (Å²) in [5, 5.41) is 10.2. The summed E-state index contributed by atoms with van der Waals surface area (Å²) in [6.45, 7) is 11.3. The van der Waals surface area contributed by atoms with Gasteiger partial charge in [-0.3, -0.25) is 4.79 Å². The third-order valence-electron chi connectivity index (χ3n) is 5.00. The van der Waals surface area contributed by atoms with Crippen molar-refractivity contribution in [3.05, 3.63) is 35.4 Å². The number of hydrogen-bond acceptors (Lipinski definition) is 7. The molecule has 8 heteroatoms. The van der Waals surface area contributed by atoms with E-state index < -0.39 is 5.91 Å². The largest absolute Gasteiger partial charge is 0.366 e. The van der Waals surface area contributed by atoms with Crippen LogP contribution in [0.25, 0.3) is 0 Å². The molecular weight excluding hydrogens is 378 g/mol. The second-order valence-electron chi connectivity index (χ2n) is 9.20. The molecule has 1 atom stereocenters. The molecule has 0 saturated carbocycles. The topological polar surface area (TPSA) is 108 Å². The van der Waals surface area contributed by atoms with Crippen LogP contribution in [0.5, 0.6) is 0 Å². The third-order valence-corrected chi connectivity index (χ3v) is 5.00. The van der Waals surface area contributed by atoms with Crippen LogP contribution in [0.15, 0.2) is 24.3 Å². The Labute approximate surface area is 178 Å². The number of primary amides is 1. The Morgan fingerprint density at radius 1 is 1.30 bits per heavy atom. The lowest BCUT2D eigenvalue weighted by Crippen LogP contribution is -2.30. The summed E-state index contributed by atoms with van der Waals surface area (Å²) in [4.78, 5) is 23.1. The molecule has 3 rings (SSSR count). The van der Waals surface area contributed by atoms with Crippen molar-refractivity contribution in [3.63, 3.8) is 0 Å². The predicted molar refractivity (Wildman–Crippen MR) is 123 cm³/mol. The lowest BCUT2D eigenvalue weighted by Gasteiger charge is -2.28. The molecule has 1 aliphatic heterocycles. The number of rotatable bonds is 7. The number of carbonyl (C=O) groups is 1. The van der Waals surface area contributed by atoms with Crippen LogP contribution in [0.2, 0.25) is 0 Å². The average Bonchev–Trinajstić information content (AvgIpc) is 3.14. The SMILES string of the molecule is Cc1ccc(C(N)=O)cc1Nc1nc(N[C@@H]2CCNC2)cc(N(C)CC(C)(C)C)n1. The van der Waals surface area contributed by atoms with Crippen molar-refractivity contribution in [1.82, 2.24) is 15.3 Å². The smallest absolute Gasteiger partial charge is 0.248 e. The summed E-state index contributed by atoms with van der Waals surface area (Å²) < 4.78 is 0. The highest BCUT2D eigenvalue weighted by Crippen LogP contribution is 2.26. The lowest BCUT2D eigenvalue weighted by atomic mass is 9.96. The summed E-state index contributed by atoms with van der Waals surface area (Å²) >= 11 is 0. The Bertz CT molecular complexity index is 901. The van der Waals surface area contributed by atoms with E-state index >= 15 is 0 Å². The zero-order chi connectivity index (χ0) is 21.9. The zero-order valence-electron chi connectivity index (χ0n) is 18.5. The molecule has 0 aliphatic carbocycles. The van der Waals surface area contributed by atoms with Gasteiger partial charge in [-0.05, 0) is 43.0 Å². The van der Waals surface area contributed by atoms with Gasteiger partial charge >= 0.3 is 0 Å². The van der Waals surface area contributed by atoms with E-state index in [9.17, 15) is 4.79 Å². The maximum Gasteiger partial charge on any atom is 0.248 e. The number of carbonyl (C=O) groups excluding carboxylic acids is 1. The van der Waals surface area contributed by atoms with E-state index in [1.165, 1.54) is 0 Å². The molecule has 8 nitrogen and oxygen atoms in total. The van der Waals surface area contributed by atoms with Crippen LogP contribution < -0.4 is 26.6 Å². The molecule has 30 heavy (non-hydrogen) atoms. The number of hydrogen-bond donors (Lipinski definition) is 4. The molecule has 0 radical (unpaired) electrons. The Morgan fingerprint density at radius 2 is 2.07 bits per heavy atom. The van der Waals surface area contributed by atoms with Gasteiger partial charge in [0.15, 0.2) is 0 Å². The fourth-order valence-corrected chi connectivity index (χ4v) is 3.57. The average molecular weight is 412 g/mol. The van der Waals surface area contributed by atoms with Gasteiger partial charge in [-0.1, -0.05) is 26.8 Å². The Balaban J connectivity index is 1.92. The van der Waals surface area contributed by atoms with Crippen LogP contribution in [0, 0.1) is 12.3 Å². The van der Waals surface area contributed by atoms with E-state index in [2.05, 4.69) is 46.6 Å². The molecule has 2 aromatic rings. The monoisotopic (exact) mass is 411 g/mol. The van der Waals surface area contributed by atoms with Gasteiger partial charge in [0.1, 0.15) is 11.6 Å². The van der Waals surface area contributed by atoms with Gasteiger partial charge < -0.3 is 26.6 Å². The van der Waals surface area contributed by atoms with Crippen LogP contribution in [0.3, 0.4) is 0 Å². The Morgan fingerprint density at radius 3 is 2.70 bits per heavy atom. The first-order valence-corrected chi connectivity index (χ1v) is 10.4. The maximum atomic E-state index is 11.6. The summed E-state index contributed by atoms with van der Waals surface area (Å²) in [6, 6.07) is 7.65. The summed E-state index contributed by atoms with van der Waals surface area (Å²) in [5.74, 6) is 1.63. The molecule has 1 amide bonds. The number of anilines is 4. The molecule has 2 heterocycles. The predicted octanol–water partition coefficient (Wildman–Crippen LogP) is 2.88. The maximum absolute atomic E-state index is 11.6. The van der Waals surface area contributed by atoms with E-state index in [1.807, 2.05) is 26.1 Å². The molecule has 1 saturated heterocycles. The van der Waals surface area contributed by atoms with Crippen molar-refractivity contribution >= 4 is 29.2 Å². The van der Waals surface area contributed by atoms with Crippen molar-refractivity contribution < 1.29 is 4.79 Å². The van der Waals surface area contributed by atoms with Gasteiger partial charge in [-0.25, -0.2) is 0 Å². The van der Waals surface area contributed by atoms with E-state index in [0.29, 0.717) is 17.6 Å². The minimum atomic E-state index is -0.464. The minimum Gasteiger partial charge on any atom is -0.366 e. The summed E-state index contributed by atoms with van der Waals surface area (Å²) in [5.41, 5.74) is 7.75. The molecule has 0 spiro atoms. The molecule has 1 aromatic carbocycles. The molecule has 1 aliphatic rings. The number of nitrogens with two attached hydrogens (primary N) is 1. The lowest BCUT2D eigenvalue weighted by molar-refractivity contribution is 0.100. The summed E-state index contributed by atoms with van der Waals surface area (Å²) in [7, 11) is 2.04. The van der Waals surface area contributed by atoms with Crippen LogP contribution in [-0.2, 0) is 0 Å². The van der Waals surface area contributed by atoms with Crippen molar-refractivity contribution in [3.8, 4) is 0 Å². The molecule has 5 N–H and O–H groups in total. The highest BCUT2D eigenvalue weighted by Gasteiger charge is 2.19. The van der Waals surface area contributed by atoms with Crippen molar-refractivity contribution in [2.75, 3.05) is 42.2 Å². The number of nitrogens with zero attached hydrogens (tertiary/aromatic N) is 3. The number of amides is 1. The Hall–Kier alpha value is -2.87. The van der Waals surface area contributed by atoms with E-state index in [1.54, 1.807) is 12.1 Å². The van der Waals surface area contributed by atoms with Crippen molar-refractivity contribution in [2.45, 2.75) is 40.2 Å². The van der Waals surface area contributed by atoms with Gasteiger partial charge in [-0.2, -0.15) is 9.97 Å². The third kappa shape index (κ3) is 5.82. The van der Waals surface area contributed by atoms with E-state index in [4.69, 9.17) is 10.7 Å². The number of nitrogens with one attached hydrogen (secondary N) is 3. The first-order valence-electron chi connectivity index (χ1n) is 10.4. The van der Waals surface area contributed by atoms with Crippen LogP contribution >= 0.6 is 0 Å². The van der Waals surface area contributed by atoms with Gasteiger partial charge in [0.05, 0.1) is 0 Å². The molecule has 0 bridgehead atoms. The fraction of sp³-hybridized carbons (Fsp3) is 0.500. The van der Waals surface area contributed by atoms with Gasteiger partial charge in [0.2, 0.25) is 11.9 Å². The number of benzene rings is 1. The highest BCUT2D eigenvalue weighted by molar-refractivity contribution is 5.94. The van der Waals surface area contributed by atoms with Gasteiger partial charge in [0.25, 0.3) is 0 Å². The van der Waals surface area contributed by atoms with Crippen LogP contribution in [0.4, 0.5) is 23.3 Å².